The van der Waals surface area contributed by atoms with Crippen molar-refractivity contribution in [1.29, 1.82) is 0 Å². The molecule has 0 radical (unpaired) electrons. The first-order valence-corrected chi connectivity index (χ1v) is 6.81. The summed E-state index contributed by atoms with van der Waals surface area (Å²) in [6.45, 7) is 1.29. The van der Waals surface area contributed by atoms with Gasteiger partial charge in [0.15, 0.2) is 0 Å². The number of hydrogen-bond donors (Lipinski definition) is 0. The molecule has 0 atom stereocenters. The Morgan fingerprint density at radius 1 is 1.44 bits per heavy atom. The number of carbonyl (C=O) groups is 1. The number of hydrogen-bond acceptors (Lipinski definition) is 2. The second-order valence-electron chi connectivity index (χ2n) is 4.28. The average molecular weight is 316 g/mol. The Hall–Kier alpha value is -1.10. The van der Waals surface area contributed by atoms with Crippen molar-refractivity contribution >= 4 is 21.8 Å². The van der Waals surface area contributed by atoms with Crippen LogP contribution in [0.3, 0.4) is 0 Å². The van der Waals surface area contributed by atoms with Gasteiger partial charge >= 0.3 is 0 Å². The van der Waals surface area contributed by atoms with E-state index in [-0.39, 0.29) is 11.5 Å². The lowest BCUT2D eigenvalue weighted by molar-refractivity contribution is 0.0720. The minimum Gasteiger partial charge on any atom is -0.496 e. The maximum Gasteiger partial charge on any atom is 0.260 e. The highest BCUT2D eigenvalue weighted by atomic mass is 79.9. The molecule has 0 spiro atoms. The van der Waals surface area contributed by atoms with Crippen molar-refractivity contribution in [3.8, 4) is 5.75 Å². The highest BCUT2D eigenvalue weighted by Crippen LogP contribution is 2.25. The summed E-state index contributed by atoms with van der Waals surface area (Å²) in [6, 6.07) is 4.43. The van der Waals surface area contributed by atoms with Crippen LogP contribution in [0.15, 0.2) is 18.2 Å². The summed E-state index contributed by atoms with van der Waals surface area (Å²) in [7, 11) is 1.44. The summed E-state index contributed by atoms with van der Waals surface area (Å²) in [5.41, 5.74) is 0.0352. The molecule has 1 aliphatic heterocycles. The van der Waals surface area contributed by atoms with E-state index in [1.165, 1.54) is 19.2 Å². The second-order valence-corrected chi connectivity index (χ2v) is 5.58. The summed E-state index contributed by atoms with van der Waals surface area (Å²) >= 11 is 3.53. The molecule has 1 aliphatic rings. The Kier molecular flexibility index (Phi) is 4.22. The van der Waals surface area contributed by atoms with E-state index < -0.39 is 5.82 Å². The Bertz CT molecular complexity index is 445. The zero-order chi connectivity index (χ0) is 13.1. The number of nitrogens with zero attached hydrogens (tertiary/aromatic N) is 1. The van der Waals surface area contributed by atoms with Crippen LogP contribution < -0.4 is 4.74 Å². The Morgan fingerprint density at radius 3 is 2.72 bits per heavy atom. The van der Waals surface area contributed by atoms with E-state index in [1.54, 1.807) is 11.0 Å². The molecule has 1 amide bonds. The largest absolute Gasteiger partial charge is 0.496 e. The predicted molar refractivity (Wildman–Crippen MR) is 70.8 cm³/mol. The Balaban J connectivity index is 2.23. The summed E-state index contributed by atoms with van der Waals surface area (Å²) in [4.78, 5) is 14.4. The van der Waals surface area contributed by atoms with Crippen molar-refractivity contribution < 1.29 is 13.9 Å². The van der Waals surface area contributed by atoms with E-state index in [4.69, 9.17) is 4.74 Å². The van der Waals surface area contributed by atoms with Gasteiger partial charge in [-0.3, -0.25) is 4.79 Å². The van der Waals surface area contributed by atoms with Crippen LogP contribution in [0.5, 0.6) is 5.75 Å². The molecule has 0 aromatic heterocycles. The van der Waals surface area contributed by atoms with E-state index in [0.717, 1.165) is 12.8 Å². The zero-order valence-corrected chi connectivity index (χ0v) is 11.7. The van der Waals surface area contributed by atoms with Gasteiger partial charge in [0, 0.05) is 17.9 Å². The van der Waals surface area contributed by atoms with E-state index in [2.05, 4.69) is 15.9 Å². The van der Waals surface area contributed by atoms with Crippen molar-refractivity contribution in [2.45, 2.75) is 17.7 Å². The molecule has 0 N–H and O–H groups in total. The normalized spacial score (nSPS) is 16.7. The van der Waals surface area contributed by atoms with E-state index in [0.29, 0.717) is 23.7 Å². The summed E-state index contributed by atoms with van der Waals surface area (Å²) in [5.74, 6) is -0.523. The fraction of sp³-hybridized carbons (Fsp3) is 0.462. The average Bonchev–Trinajstić information content (AvgIpc) is 2.38. The van der Waals surface area contributed by atoms with Crippen molar-refractivity contribution in [2.24, 2.45) is 0 Å². The lowest BCUT2D eigenvalue weighted by atomic mass is 10.1. The molecule has 0 unspecified atom stereocenters. The molecule has 98 valence electrons. The van der Waals surface area contributed by atoms with E-state index in [1.807, 2.05) is 0 Å². The number of benzene rings is 1. The lowest BCUT2D eigenvalue weighted by Gasteiger charge is -2.30. The summed E-state index contributed by atoms with van der Waals surface area (Å²) < 4.78 is 18.8. The topological polar surface area (TPSA) is 29.5 Å². The zero-order valence-electron chi connectivity index (χ0n) is 10.2. The van der Waals surface area contributed by atoms with Crippen molar-refractivity contribution in [3.05, 3.63) is 29.6 Å². The fourth-order valence-electron chi connectivity index (χ4n) is 2.09. The number of piperidine rings is 1. The molecule has 1 heterocycles. The molecule has 3 nitrogen and oxygen atoms in total. The first kappa shape index (κ1) is 13.3. The molecule has 0 aliphatic carbocycles. The molecule has 1 aromatic carbocycles. The molecular weight excluding hydrogens is 301 g/mol. The quantitative estimate of drug-likeness (QED) is 0.785. The first-order valence-electron chi connectivity index (χ1n) is 5.89. The number of likely N-dealkylation sites (tertiary alicyclic amines) is 1. The van der Waals surface area contributed by atoms with Gasteiger partial charge in [-0.2, -0.15) is 0 Å². The third-order valence-corrected chi connectivity index (χ3v) is 4.04. The molecular formula is C13H15BrFNO2. The van der Waals surface area contributed by atoms with Gasteiger partial charge in [0.1, 0.15) is 17.1 Å². The van der Waals surface area contributed by atoms with Crippen molar-refractivity contribution in [1.82, 2.24) is 4.90 Å². The van der Waals surface area contributed by atoms with Crippen LogP contribution >= 0.6 is 15.9 Å². The second kappa shape index (κ2) is 5.69. The van der Waals surface area contributed by atoms with Crippen LogP contribution in [0.4, 0.5) is 4.39 Å². The van der Waals surface area contributed by atoms with E-state index >= 15 is 0 Å². The van der Waals surface area contributed by atoms with Gasteiger partial charge in [0.2, 0.25) is 0 Å². The Labute approximate surface area is 114 Å². The molecule has 1 fully saturated rings. The molecule has 2 rings (SSSR count). The third-order valence-electron chi connectivity index (χ3n) is 3.12. The highest BCUT2D eigenvalue weighted by Gasteiger charge is 2.26. The molecule has 1 saturated heterocycles. The number of amides is 1. The monoisotopic (exact) mass is 315 g/mol. The molecule has 0 bridgehead atoms. The van der Waals surface area contributed by atoms with Crippen LogP contribution in [0.25, 0.3) is 0 Å². The van der Waals surface area contributed by atoms with E-state index in [9.17, 15) is 9.18 Å². The van der Waals surface area contributed by atoms with Crippen molar-refractivity contribution in [3.63, 3.8) is 0 Å². The number of methoxy groups -OCH3 is 1. The molecule has 5 heteroatoms. The standard InChI is InChI=1S/C13H15BrFNO2/c1-18-11-4-2-3-10(15)12(11)13(17)16-7-5-9(14)6-8-16/h2-4,9H,5-8H2,1H3. The third kappa shape index (κ3) is 2.66. The number of carbonyl (C=O) groups excluding carboxylic acids is 1. The Morgan fingerprint density at radius 2 is 2.11 bits per heavy atom. The minimum absolute atomic E-state index is 0.0352. The maximum atomic E-state index is 13.8. The van der Waals surface area contributed by atoms with Crippen LogP contribution in [0.1, 0.15) is 23.2 Å². The first-order chi connectivity index (χ1) is 8.63. The SMILES string of the molecule is COc1cccc(F)c1C(=O)N1CCC(Br)CC1. The van der Waals surface area contributed by atoms with Gasteiger partial charge in [-0.05, 0) is 25.0 Å². The molecule has 18 heavy (non-hydrogen) atoms. The van der Waals surface area contributed by atoms with Crippen molar-refractivity contribution in [2.75, 3.05) is 20.2 Å². The lowest BCUT2D eigenvalue weighted by Crippen LogP contribution is -2.39. The minimum atomic E-state index is -0.527. The highest BCUT2D eigenvalue weighted by molar-refractivity contribution is 9.09. The van der Waals surface area contributed by atoms with Crippen LogP contribution in [0, 0.1) is 5.82 Å². The van der Waals surface area contributed by atoms with Gasteiger partial charge in [0.05, 0.1) is 7.11 Å². The predicted octanol–water partition coefficient (Wildman–Crippen LogP) is 2.83. The molecule has 0 saturated carbocycles. The fourth-order valence-corrected chi connectivity index (χ4v) is 2.50. The van der Waals surface area contributed by atoms with Gasteiger partial charge in [-0.15, -0.1) is 0 Å². The number of halogens is 2. The summed E-state index contributed by atoms with van der Waals surface area (Å²) in [5, 5.41) is 0. The van der Waals surface area contributed by atoms with Gasteiger partial charge in [-0.25, -0.2) is 4.39 Å². The smallest absolute Gasteiger partial charge is 0.260 e. The summed E-state index contributed by atoms with van der Waals surface area (Å²) in [6.07, 6.45) is 1.78. The number of alkyl halides is 1. The molecule has 1 aromatic rings. The van der Waals surface area contributed by atoms with Crippen LogP contribution in [0.2, 0.25) is 0 Å². The maximum absolute atomic E-state index is 13.8. The van der Waals surface area contributed by atoms with Crippen LogP contribution in [-0.2, 0) is 0 Å². The van der Waals surface area contributed by atoms with Gasteiger partial charge in [-0.1, -0.05) is 22.0 Å². The number of ether oxygens (including phenoxy) is 1. The van der Waals surface area contributed by atoms with Gasteiger partial charge in [0.25, 0.3) is 5.91 Å². The van der Waals surface area contributed by atoms with Gasteiger partial charge < -0.3 is 9.64 Å². The van der Waals surface area contributed by atoms with Crippen LogP contribution in [-0.4, -0.2) is 35.8 Å². The number of rotatable bonds is 2.